The number of likely N-dealkylation sites (tertiary alicyclic amines) is 1. The monoisotopic (exact) mass is 317 g/mol. The molecule has 0 radical (unpaired) electrons. The van der Waals surface area contributed by atoms with Crippen LogP contribution in [0.1, 0.15) is 42.4 Å². The van der Waals surface area contributed by atoms with Crippen molar-refractivity contribution in [2.75, 3.05) is 13.1 Å². The highest BCUT2D eigenvalue weighted by Crippen LogP contribution is 2.31. The van der Waals surface area contributed by atoms with Crippen molar-refractivity contribution in [2.45, 2.75) is 46.6 Å². The third-order valence-corrected chi connectivity index (χ3v) is 4.47. The number of carbonyl (C=O) groups is 1. The fourth-order valence-electron chi connectivity index (χ4n) is 3.22. The molecule has 0 aromatic carbocycles. The Balaban J connectivity index is 1.59. The predicted octanol–water partition coefficient (Wildman–Crippen LogP) is 1.84. The van der Waals surface area contributed by atoms with E-state index >= 15 is 0 Å². The standard InChI is InChI=1S/C16H23N5O2/c1-10-8-20(9-14(10)16-17-13(4)19-23-16)15(22)5-6-21-12(3)7-11(2)18-21/h7,10,14H,5-6,8-9H2,1-4H3/t10-,14-/m1/s1. The van der Waals surface area contributed by atoms with Crippen LogP contribution in [-0.4, -0.2) is 43.8 Å². The van der Waals surface area contributed by atoms with Gasteiger partial charge in [-0.2, -0.15) is 10.1 Å². The van der Waals surface area contributed by atoms with Gasteiger partial charge in [-0.25, -0.2) is 0 Å². The Morgan fingerprint density at radius 1 is 1.35 bits per heavy atom. The molecule has 2 aromatic heterocycles. The lowest BCUT2D eigenvalue weighted by Gasteiger charge is -2.16. The Morgan fingerprint density at radius 2 is 2.13 bits per heavy atom. The highest BCUT2D eigenvalue weighted by Gasteiger charge is 2.36. The van der Waals surface area contributed by atoms with Crippen LogP contribution < -0.4 is 0 Å². The summed E-state index contributed by atoms with van der Waals surface area (Å²) in [4.78, 5) is 18.7. The molecule has 1 saturated heterocycles. The number of carbonyl (C=O) groups excluding carboxylic acids is 1. The van der Waals surface area contributed by atoms with Crippen molar-refractivity contribution in [3.8, 4) is 0 Å². The maximum atomic E-state index is 12.5. The molecule has 2 atom stereocenters. The Bertz CT molecular complexity index is 705. The summed E-state index contributed by atoms with van der Waals surface area (Å²) in [6, 6.07) is 2.02. The Kier molecular flexibility index (Phi) is 4.19. The van der Waals surface area contributed by atoms with Gasteiger partial charge >= 0.3 is 0 Å². The molecule has 1 amide bonds. The van der Waals surface area contributed by atoms with Gasteiger partial charge in [0.2, 0.25) is 11.8 Å². The van der Waals surface area contributed by atoms with E-state index in [-0.39, 0.29) is 11.8 Å². The number of rotatable bonds is 4. The molecule has 7 heteroatoms. The zero-order valence-electron chi connectivity index (χ0n) is 14.1. The van der Waals surface area contributed by atoms with E-state index in [1.54, 1.807) is 0 Å². The highest BCUT2D eigenvalue weighted by atomic mass is 16.5. The summed E-state index contributed by atoms with van der Waals surface area (Å²) in [5.41, 5.74) is 2.07. The molecule has 3 rings (SSSR count). The van der Waals surface area contributed by atoms with Crippen molar-refractivity contribution < 1.29 is 9.32 Å². The summed E-state index contributed by atoms with van der Waals surface area (Å²) in [7, 11) is 0. The van der Waals surface area contributed by atoms with E-state index in [1.807, 2.05) is 36.4 Å². The average Bonchev–Trinajstić information content (AvgIpc) is 3.16. The molecular weight excluding hydrogens is 294 g/mol. The zero-order valence-corrected chi connectivity index (χ0v) is 14.1. The lowest BCUT2D eigenvalue weighted by molar-refractivity contribution is -0.130. The van der Waals surface area contributed by atoms with E-state index in [9.17, 15) is 4.79 Å². The molecule has 3 heterocycles. The summed E-state index contributed by atoms with van der Waals surface area (Å²) in [5, 5.41) is 8.25. The maximum Gasteiger partial charge on any atom is 0.231 e. The molecule has 0 spiro atoms. The molecule has 1 fully saturated rings. The van der Waals surface area contributed by atoms with Gasteiger partial charge in [-0.05, 0) is 32.8 Å². The van der Waals surface area contributed by atoms with Crippen LogP contribution in [0.4, 0.5) is 0 Å². The minimum Gasteiger partial charge on any atom is -0.342 e. The number of nitrogens with zero attached hydrogens (tertiary/aromatic N) is 5. The second-order valence-electron chi connectivity index (χ2n) is 6.46. The molecule has 1 aliphatic heterocycles. The summed E-state index contributed by atoms with van der Waals surface area (Å²) in [6.45, 7) is 9.91. The van der Waals surface area contributed by atoms with Gasteiger partial charge in [0.05, 0.1) is 11.6 Å². The molecule has 0 aliphatic carbocycles. The van der Waals surface area contributed by atoms with E-state index in [0.29, 0.717) is 37.1 Å². The first-order valence-corrected chi connectivity index (χ1v) is 8.03. The number of amides is 1. The Labute approximate surface area is 135 Å². The first kappa shape index (κ1) is 15.7. The van der Waals surface area contributed by atoms with Crippen molar-refractivity contribution in [3.05, 3.63) is 29.2 Å². The number of aromatic nitrogens is 4. The molecule has 0 bridgehead atoms. The van der Waals surface area contributed by atoms with E-state index in [0.717, 1.165) is 17.9 Å². The largest absolute Gasteiger partial charge is 0.342 e. The molecule has 124 valence electrons. The molecule has 7 nitrogen and oxygen atoms in total. The van der Waals surface area contributed by atoms with Gasteiger partial charge in [0.15, 0.2) is 5.82 Å². The first-order valence-electron chi connectivity index (χ1n) is 8.03. The van der Waals surface area contributed by atoms with E-state index < -0.39 is 0 Å². The average molecular weight is 317 g/mol. The first-order chi connectivity index (χ1) is 10.9. The van der Waals surface area contributed by atoms with E-state index in [2.05, 4.69) is 22.2 Å². The van der Waals surface area contributed by atoms with Crippen LogP contribution >= 0.6 is 0 Å². The number of hydrogen-bond acceptors (Lipinski definition) is 5. The predicted molar refractivity (Wildman–Crippen MR) is 83.8 cm³/mol. The Hall–Kier alpha value is -2.18. The SMILES string of the molecule is Cc1cc(C)n(CCC(=O)N2C[C@@H](C)[C@H](c3nc(C)no3)C2)n1. The fourth-order valence-corrected chi connectivity index (χ4v) is 3.22. The molecule has 0 unspecified atom stereocenters. The van der Waals surface area contributed by atoms with Gasteiger partial charge in [0.1, 0.15) is 0 Å². The highest BCUT2D eigenvalue weighted by molar-refractivity contribution is 5.76. The Morgan fingerprint density at radius 3 is 2.74 bits per heavy atom. The summed E-state index contributed by atoms with van der Waals surface area (Å²) >= 11 is 0. The second-order valence-corrected chi connectivity index (χ2v) is 6.46. The normalized spacial score (nSPS) is 21.1. The molecular formula is C16H23N5O2. The van der Waals surface area contributed by atoms with Gasteiger partial charge in [-0.1, -0.05) is 12.1 Å². The number of hydrogen-bond donors (Lipinski definition) is 0. The maximum absolute atomic E-state index is 12.5. The van der Waals surface area contributed by atoms with Crippen molar-refractivity contribution >= 4 is 5.91 Å². The quantitative estimate of drug-likeness (QED) is 0.860. The van der Waals surface area contributed by atoms with Gasteiger partial charge in [-0.3, -0.25) is 9.48 Å². The summed E-state index contributed by atoms with van der Waals surface area (Å²) in [5.74, 6) is 1.90. The van der Waals surface area contributed by atoms with Crippen molar-refractivity contribution in [1.82, 2.24) is 24.8 Å². The third kappa shape index (κ3) is 3.28. The lowest BCUT2D eigenvalue weighted by Crippen LogP contribution is -2.29. The summed E-state index contributed by atoms with van der Waals surface area (Å²) in [6.07, 6.45) is 0.463. The van der Waals surface area contributed by atoms with Crippen LogP contribution in [0.2, 0.25) is 0 Å². The minimum atomic E-state index is 0.133. The molecule has 1 aliphatic rings. The third-order valence-electron chi connectivity index (χ3n) is 4.47. The van der Waals surface area contributed by atoms with Crippen LogP contribution in [0.3, 0.4) is 0 Å². The van der Waals surface area contributed by atoms with Crippen LogP contribution in [-0.2, 0) is 11.3 Å². The van der Waals surface area contributed by atoms with Gasteiger partial charge < -0.3 is 9.42 Å². The topological polar surface area (TPSA) is 77.0 Å². The van der Waals surface area contributed by atoms with Crippen molar-refractivity contribution in [1.29, 1.82) is 0 Å². The number of aryl methyl sites for hydroxylation is 4. The van der Waals surface area contributed by atoms with E-state index in [4.69, 9.17) is 4.52 Å². The lowest BCUT2D eigenvalue weighted by atomic mass is 9.98. The van der Waals surface area contributed by atoms with Crippen LogP contribution in [0, 0.1) is 26.7 Å². The van der Waals surface area contributed by atoms with Gasteiger partial charge in [0, 0.05) is 31.7 Å². The van der Waals surface area contributed by atoms with Gasteiger partial charge in [-0.15, -0.1) is 0 Å². The minimum absolute atomic E-state index is 0.133. The van der Waals surface area contributed by atoms with Crippen molar-refractivity contribution in [3.63, 3.8) is 0 Å². The van der Waals surface area contributed by atoms with Crippen molar-refractivity contribution in [2.24, 2.45) is 5.92 Å². The van der Waals surface area contributed by atoms with Gasteiger partial charge in [0.25, 0.3) is 0 Å². The van der Waals surface area contributed by atoms with Crippen LogP contribution in [0.25, 0.3) is 0 Å². The smallest absolute Gasteiger partial charge is 0.231 e. The molecule has 0 saturated carbocycles. The zero-order chi connectivity index (χ0) is 16.6. The molecule has 2 aromatic rings. The molecule has 23 heavy (non-hydrogen) atoms. The van der Waals surface area contributed by atoms with Crippen LogP contribution in [0.15, 0.2) is 10.6 Å². The molecule has 0 N–H and O–H groups in total. The summed E-state index contributed by atoms with van der Waals surface area (Å²) < 4.78 is 7.18. The van der Waals surface area contributed by atoms with Crippen LogP contribution in [0.5, 0.6) is 0 Å². The second kappa shape index (κ2) is 6.14. The fraction of sp³-hybridized carbons (Fsp3) is 0.625. The van der Waals surface area contributed by atoms with E-state index in [1.165, 1.54) is 0 Å².